The van der Waals surface area contributed by atoms with Gasteiger partial charge in [-0.2, -0.15) is 0 Å². The molecule has 22 aromatic rings. The average molecular weight is 1660 g/mol. The molecule has 9 aliphatic carbocycles. The van der Waals surface area contributed by atoms with Crippen molar-refractivity contribution in [2.75, 3.05) is 0 Å². The van der Waals surface area contributed by atoms with Crippen molar-refractivity contribution in [1.29, 1.82) is 0 Å². The number of hydrogen-bond donors (Lipinski definition) is 0. The summed E-state index contributed by atoms with van der Waals surface area (Å²) in [4.78, 5) is 5.00. The summed E-state index contributed by atoms with van der Waals surface area (Å²) in [6.45, 7) is 0. The van der Waals surface area contributed by atoms with Crippen LogP contribution in [0.4, 0.5) is 0 Å². The van der Waals surface area contributed by atoms with Gasteiger partial charge in [0.2, 0.25) is 0 Å². The van der Waals surface area contributed by atoms with Crippen LogP contribution < -0.4 is 4.98 Å². The molecule has 2 heteroatoms. The third-order valence-electron chi connectivity index (χ3n) is 29.1. The second-order valence-corrected chi connectivity index (χ2v) is 35.8. The van der Waals surface area contributed by atoms with Crippen LogP contribution in [-0.4, -0.2) is 0 Å². The Hall–Kier alpha value is -13.9. The molecule has 1 nitrogen and oxygen atoms in total. The normalized spacial score (nSPS) is 13.2. The number of nitrogens with zero attached hydrogens (tertiary/aromatic N) is 1. The number of aromatic nitrogens is 1. The summed E-state index contributed by atoms with van der Waals surface area (Å²) < 4.78 is 0. The van der Waals surface area contributed by atoms with Gasteiger partial charge in [-0.1, -0.05) is 352 Å². The van der Waals surface area contributed by atoms with Crippen LogP contribution in [0.3, 0.4) is 0 Å². The summed E-state index contributed by atoms with van der Waals surface area (Å²) in [5.41, 5.74) is 54.8. The van der Waals surface area contributed by atoms with Crippen LogP contribution in [0.2, 0.25) is 0 Å². The molecule has 0 fully saturated rings. The van der Waals surface area contributed by atoms with Gasteiger partial charge >= 0.3 is 0 Å². The maximum atomic E-state index is 5.00. The molecule has 125 heavy (non-hydrogen) atoms. The zero-order valence-corrected chi connectivity index (χ0v) is 72.0. The third kappa shape index (κ3) is 11.5. The minimum atomic E-state index is 0. The first-order valence-electron chi connectivity index (χ1n) is 44.3. The van der Waals surface area contributed by atoms with Gasteiger partial charge in [0.25, 0.3) is 0 Å². The summed E-state index contributed by atoms with van der Waals surface area (Å²) in [7, 11) is 0. The van der Waals surface area contributed by atoms with Crippen molar-refractivity contribution in [2.45, 2.75) is 57.8 Å². The molecular weight excluding hydrogens is 1580 g/mol. The van der Waals surface area contributed by atoms with E-state index >= 15 is 0 Å². The molecule has 0 saturated heterocycles. The second-order valence-electron chi connectivity index (χ2n) is 35.8. The predicted molar refractivity (Wildman–Crippen MR) is 520 cm³/mol. The van der Waals surface area contributed by atoms with Gasteiger partial charge in [-0.05, 0) is 358 Å². The van der Waals surface area contributed by atoms with Gasteiger partial charge in [-0.15, -0.1) is 11.0 Å². The van der Waals surface area contributed by atoms with Crippen LogP contribution >= 0.6 is 0 Å². The Morgan fingerprint density at radius 2 is 0.432 bits per heavy atom. The van der Waals surface area contributed by atoms with E-state index in [1.807, 2.05) is 0 Å². The van der Waals surface area contributed by atoms with E-state index in [1.165, 1.54) is 253 Å². The molecule has 0 bridgehead atoms. The van der Waals surface area contributed by atoms with E-state index in [2.05, 4.69) is 376 Å². The van der Waals surface area contributed by atoms with E-state index in [0.29, 0.717) is 0 Å². The molecule has 31 rings (SSSR count). The fourth-order valence-electron chi connectivity index (χ4n) is 23.5. The van der Waals surface area contributed by atoms with Gasteiger partial charge in [-0.3, -0.25) is 0 Å². The van der Waals surface area contributed by atoms with E-state index in [9.17, 15) is 0 Å². The molecule has 9 aliphatic rings. The van der Waals surface area contributed by atoms with Crippen molar-refractivity contribution in [3.05, 3.63) is 476 Å². The van der Waals surface area contributed by atoms with Gasteiger partial charge in [0.1, 0.15) is 0 Å². The van der Waals surface area contributed by atoms with Gasteiger partial charge in [0.15, 0.2) is 0 Å². The number of rotatable bonds is 0. The second kappa shape index (κ2) is 28.6. The molecule has 0 spiro atoms. The Bertz CT molecular complexity index is 8110. The molecule has 0 aliphatic heterocycles. The number of hydrogen-bond acceptors (Lipinski definition) is 0. The van der Waals surface area contributed by atoms with Crippen LogP contribution in [0.25, 0.3) is 187 Å². The van der Waals surface area contributed by atoms with Gasteiger partial charge in [-0.25, -0.2) is 0 Å². The van der Waals surface area contributed by atoms with Gasteiger partial charge in [0.05, 0.1) is 0 Å². The van der Waals surface area contributed by atoms with Crippen LogP contribution in [0.5, 0.6) is 0 Å². The molecule has 0 unspecified atom stereocenters. The van der Waals surface area contributed by atoms with Gasteiger partial charge < -0.3 is 4.98 Å². The fourth-order valence-corrected chi connectivity index (χ4v) is 23.5. The van der Waals surface area contributed by atoms with Crippen molar-refractivity contribution >= 4 is 86.4 Å². The third-order valence-corrected chi connectivity index (χ3v) is 29.1. The van der Waals surface area contributed by atoms with Crippen LogP contribution in [-0.2, 0) is 90.5 Å². The topological polar surface area (TPSA) is 14.1 Å². The maximum Gasteiger partial charge on any atom is 0 e. The average Bonchev–Trinajstić information content (AvgIpc) is 1.58. The first-order valence-corrected chi connectivity index (χ1v) is 44.3. The summed E-state index contributed by atoms with van der Waals surface area (Å²) in [6, 6.07) is 139. The Balaban J connectivity index is 0.0000000838. The minimum absolute atomic E-state index is 0. The zero-order chi connectivity index (χ0) is 80.9. The molecule has 0 atom stereocenters. The van der Waals surface area contributed by atoms with E-state index in [-0.39, 0.29) is 32.7 Å². The van der Waals surface area contributed by atoms with Crippen molar-refractivity contribution < 1.29 is 32.7 Å². The minimum Gasteiger partial charge on any atom is -0.657 e. The molecule has 581 valence electrons. The first-order chi connectivity index (χ1) is 61.4. The summed E-state index contributed by atoms with van der Waals surface area (Å²) >= 11 is 0. The Kier molecular flexibility index (Phi) is 16.6. The smallest absolute Gasteiger partial charge is 0 e. The summed E-state index contributed by atoms with van der Waals surface area (Å²) in [5.74, 6) is 0. The van der Waals surface area contributed by atoms with E-state index < -0.39 is 0 Å². The van der Waals surface area contributed by atoms with Crippen molar-refractivity contribution in [1.82, 2.24) is 4.98 Å². The molecule has 1 heterocycles. The predicted octanol–water partition coefficient (Wildman–Crippen LogP) is 30.8. The summed E-state index contributed by atoms with van der Waals surface area (Å²) in [5, 5.41) is 18.6. The molecule has 1 radical (unpaired) electrons. The number of benzene rings is 21. The van der Waals surface area contributed by atoms with Crippen molar-refractivity contribution in [3.8, 4) is 100 Å². The zero-order valence-electron chi connectivity index (χ0n) is 69.2. The molecule has 0 N–H and O–H groups in total. The number of fused-ring (bicyclic) bond motifs is 42. The molecule has 0 saturated carbocycles. The Morgan fingerprint density at radius 1 is 0.144 bits per heavy atom. The first kappa shape index (κ1) is 72.7. The monoisotopic (exact) mass is 1660 g/mol. The maximum absolute atomic E-state index is 5.00. The standard InChI is InChI=1S/2C28H18.C27H16N.2C20H14.Y/c1-3-7-19-14-25-21(9-17(19)5-1)11-23-13-24-12-22-10-18-6-2-4-8-20(18)15-26(22)28(24)16-27(23)25;1-3-7-21-17(5-1)9-11-19-15-25-23(27(19)21)13-14-24-26(25)16-20-12-10-18-6-2-4-8-22(18)28(20)24;1-3-7-20-16(5-1)9-10-18-13-19-14-23-25(15-22(19)26(18)20)28-24-12-11-17-6-2-4-8-21(17)27(23)24;1-3-7-17-13(5-1)9-15-11-16-10-14-6-2-4-8-18(14)20(16)12-19(15)17;1-3-7-15-13(5-1)11-19-17(15)9-10-18-16-8-4-2-6-14(16)12-20(18)19;/h1-10,13-16H,11-12H2;1-14H,15-16H2;1-12,14-15H,13H2;1-8,11-12H,9-10H2;1-10H,11-12H2;/q;;-1;;;. The SMILES string of the molecule is [Y].c1ccc2c(c1)Cc1c-2ccc2c1Cc1ccccc1-2.c1ccc2c(c1)Cc1cc3c(cc1-2)-c1ccccc1C3.c1ccc2c3c(ccc2c1)Cc1c-3ccc2c1Cc1ccc3ccccc3c1-2.c1ccc2c3c(ccc2c1)Cc1cc2c(cc1-3)[n-]c1ccc3ccccc3c12.c1ccc2cc3c(cc2c1)Cc1cc2c(cc1-3)-c1cc3ccccc3cc1C2. The van der Waals surface area contributed by atoms with E-state index in [0.717, 1.165) is 68.8 Å². The Labute approximate surface area is 751 Å². The summed E-state index contributed by atoms with van der Waals surface area (Å²) in [6.07, 6.45) is 9.62. The van der Waals surface area contributed by atoms with Crippen LogP contribution in [0, 0.1) is 0 Å². The van der Waals surface area contributed by atoms with Crippen LogP contribution in [0.1, 0.15) is 100 Å². The fraction of sp³-hybridized carbons (Fsp3) is 0.0732. The molecule has 1 aromatic heterocycles. The van der Waals surface area contributed by atoms with Crippen molar-refractivity contribution in [3.63, 3.8) is 0 Å². The van der Waals surface area contributed by atoms with Crippen molar-refractivity contribution in [2.24, 2.45) is 0 Å². The van der Waals surface area contributed by atoms with E-state index in [4.69, 9.17) is 4.98 Å². The largest absolute Gasteiger partial charge is 0.657 e. The Morgan fingerprint density at radius 3 is 0.888 bits per heavy atom. The van der Waals surface area contributed by atoms with Crippen LogP contribution in [0.15, 0.2) is 376 Å². The van der Waals surface area contributed by atoms with E-state index in [1.54, 1.807) is 22.3 Å². The molecular formula is C123H80NY-. The quantitative estimate of drug-likeness (QED) is 0.148. The molecule has 21 aromatic carbocycles. The van der Waals surface area contributed by atoms with Gasteiger partial charge in [0, 0.05) is 32.7 Å². The molecule has 0 amide bonds.